The van der Waals surface area contributed by atoms with Gasteiger partial charge in [-0.1, -0.05) is 42.1 Å². The summed E-state index contributed by atoms with van der Waals surface area (Å²) in [6.07, 6.45) is 0. The van der Waals surface area contributed by atoms with Crippen molar-refractivity contribution in [2.45, 2.75) is 19.9 Å². The van der Waals surface area contributed by atoms with E-state index in [9.17, 15) is 9.59 Å². The van der Waals surface area contributed by atoms with Crippen LogP contribution in [0.4, 0.5) is 0 Å². The van der Waals surface area contributed by atoms with Crippen LogP contribution in [0, 0.1) is 0 Å². The highest BCUT2D eigenvalue weighted by molar-refractivity contribution is 8.14. The van der Waals surface area contributed by atoms with Gasteiger partial charge in [0.25, 0.3) is 0 Å². The van der Waals surface area contributed by atoms with Gasteiger partial charge >= 0.3 is 5.97 Å². The molecule has 2 rings (SSSR count). The number of amidine groups is 1. The number of carboxylic acids is 1. The largest absolute Gasteiger partial charge is 0.481 e. The van der Waals surface area contributed by atoms with Crippen molar-refractivity contribution in [3.8, 4) is 0 Å². The van der Waals surface area contributed by atoms with Crippen molar-refractivity contribution >= 4 is 41.1 Å². The Hall–Kier alpha value is -1.79. The van der Waals surface area contributed by atoms with Crippen LogP contribution < -0.4 is 5.32 Å². The number of benzene rings is 1. The maximum atomic E-state index is 11.9. The zero-order valence-electron chi connectivity index (χ0n) is 12.2. The fourth-order valence-corrected chi connectivity index (χ4v) is 2.85. The van der Waals surface area contributed by atoms with Crippen molar-refractivity contribution in [3.63, 3.8) is 0 Å². The van der Waals surface area contributed by atoms with E-state index < -0.39 is 5.97 Å². The first kappa shape index (κ1) is 18.3. The first-order valence-electron chi connectivity index (χ1n) is 6.45. The third-order valence-electron chi connectivity index (χ3n) is 3.05. The number of aliphatic carboxylic acids is 1. The molecule has 2 N–H and O–H groups in total. The van der Waals surface area contributed by atoms with Gasteiger partial charge in [-0.3, -0.25) is 9.59 Å². The van der Waals surface area contributed by atoms with Crippen LogP contribution in [0.2, 0.25) is 0 Å². The van der Waals surface area contributed by atoms with E-state index in [2.05, 4.69) is 10.3 Å². The lowest BCUT2D eigenvalue weighted by atomic mass is 9.94. The molecule has 0 spiro atoms. The van der Waals surface area contributed by atoms with Crippen LogP contribution in [-0.4, -0.2) is 27.8 Å². The summed E-state index contributed by atoms with van der Waals surface area (Å²) in [6.45, 7) is 3.32. The summed E-state index contributed by atoms with van der Waals surface area (Å²) in [4.78, 5) is 27.1. The predicted molar refractivity (Wildman–Crippen MR) is 90.5 cm³/mol. The highest BCUT2D eigenvalue weighted by Crippen LogP contribution is 2.32. The number of allylic oxidation sites excluding steroid dienone is 1. The number of carbonyl (C=O) groups is 2. The Bertz CT molecular complexity index is 629. The number of halogens is 1. The molecular weight excluding hydrogens is 324 g/mol. The van der Waals surface area contributed by atoms with Gasteiger partial charge in [-0.25, -0.2) is 4.99 Å². The molecule has 0 fully saturated rings. The molecule has 1 atom stereocenters. The van der Waals surface area contributed by atoms with Gasteiger partial charge in [0.1, 0.15) is 6.04 Å². The summed E-state index contributed by atoms with van der Waals surface area (Å²) in [6, 6.07) is 9.12. The average molecular weight is 341 g/mol. The van der Waals surface area contributed by atoms with Gasteiger partial charge in [-0.15, -0.1) is 12.4 Å². The number of hydrogen-bond donors (Lipinski definition) is 2. The number of carbonyl (C=O) groups excluding carboxylic acids is 1. The van der Waals surface area contributed by atoms with Gasteiger partial charge in [-0.2, -0.15) is 0 Å². The second-order valence-electron chi connectivity index (χ2n) is 4.65. The molecule has 1 heterocycles. The highest BCUT2D eigenvalue weighted by atomic mass is 35.5. The number of Topliss-reactive ketones (excluding diaryl/α,β-unsaturated/α-hetero) is 1. The van der Waals surface area contributed by atoms with Crippen LogP contribution in [0.5, 0.6) is 0 Å². The first-order valence-corrected chi connectivity index (χ1v) is 7.43. The second-order valence-corrected chi connectivity index (χ2v) is 5.61. The maximum Gasteiger partial charge on any atom is 0.313 e. The van der Waals surface area contributed by atoms with Crippen LogP contribution in [0.1, 0.15) is 25.5 Å². The number of ketones is 1. The topological polar surface area (TPSA) is 78.8 Å². The molecule has 0 saturated carbocycles. The van der Waals surface area contributed by atoms with Crippen LogP contribution in [0.25, 0.3) is 0 Å². The highest BCUT2D eigenvalue weighted by Gasteiger charge is 2.27. The molecule has 0 bridgehead atoms. The van der Waals surface area contributed by atoms with Crippen molar-refractivity contribution in [1.82, 2.24) is 5.32 Å². The lowest BCUT2D eigenvalue weighted by Gasteiger charge is -2.25. The number of carboxylic acid groups (broad SMARTS) is 1. The molecule has 0 saturated heterocycles. The molecule has 0 aliphatic carbocycles. The Morgan fingerprint density at radius 1 is 1.32 bits per heavy atom. The molecule has 1 aromatic rings. The molecule has 118 valence electrons. The summed E-state index contributed by atoms with van der Waals surface area (Å²) < 4.78 is 0. The van der Waals surface area contributed by atoms with E-state index in [4.69, 9.17) is 5.11 Å². The van der Waals surface area contributed by atoms with Gasteiger partial charge < -0.3 is 10.4 Å². The van der Waals surface area contributed by atoms with Crippen LogP contribution >= 0.6 is 24.2 Å². The number of nitrogens with zero attached hydrogens (tertiary/aromatic N) is 1. The van der Waals surface area contributed by atoms with Crippen molar-refractivity contribution in [2.75, 3.05) is 5.75 Å². The third-order valence-corrected chi connectivity index (χ3v) is 3.92. The van der Waals surface area contributed by atoms with Gasteiger partial charge in [0.15, 0.2) is 11.0 Å². The lowest BCUT2D eigenvalue weighted by molar-refractivity contribution is -0.133. The van der Waals surface area contributed by atoms with Crippen molar-refractivity contribution < 1.29 is 14.7 Å². The van der Waals surface area contributed by atoms with Crippen molar-refractivity contribution in [3.05, 3.63) is 47.2 Å². The Kier molecular flexibility index (Phi) is 6.64. The quantitative estimate of drug-likeness (QED) is 0.881. The molecule has 0 amide bonds. The second kappa shape index (κ2) is 8.00. The van der Waals surface area contributed by atoms with Crippen LogP contribution in [-0.2, 0) is 9.59 Å². The van der Waals surface area contributed by atoms with Crippen LogP contribution in [0.15, 0.2) is 46.6 Å². The molecule has 1 aliphatic heterocycles. The number of thioether (sulfide) groups is 1. The number of rotatable bonds is 4. The molecule has 0 radical (unpaired) electrons. The molecule has 7 heteroatoms. The lowest BCUT2D eigenvalue weighted by Crippen LogP contribution is -2.29. The van der Waals surface area contributed by atoms with E-state index in [1.165, 1.54) is 6.92 Å². The van der Waals surface area contributed by atoms with Gasteiger partial charge in [0.05, 0.1) is 5.75 Å². The molecular formula is C15H17ClN2O3S. The summed E-state index contributed by atoms with van der Waals surface area (Å²) in [5.41, 5.74) is 2.25. The Morgan fingerprint density at radius 3 is 2.50 bits per heavy atom. The van der Waals surface area contributed by atoms with E-state index in [1.807, 2.05) is 37.3 Å². The van der Waals surface area contributed by atoms with E-state index in [0.29, 0.717) is 10.7 Å². The molecule has 1 aliphatic rings. The monoisotopic (exact) mass is 340 g/mol. The van der Waals surface area contributed by atoms with Crippen molar-refractivity contribution in [2.24, 2.45) is 4.99 Å². The molecule has 22 heavy (non-hydrogen) atoms. The maximum absolute atomic E-state index is 11.9. The Morgan fingerprint density at radius 2 is 1.95 bits per heavy atom. The summed E-state index contributed by atoms with van der Waals surface area (Å²) >= 11 is 1.12. The van der Waals surface area contributed by atoms with Crippen molar-refractivity contribution in [1.29, 1.82) is 0 Å². The number of hydrogen-bond acceptors (Lipinski definition) is 5. The normalized spacial score (nSPS) is 17.2. The van der Waals surface area contributed by atoms with Gasteiger partial charge in [-0.05, 0) is 19.4 Å². The van der Waals surface area contributed by atoms with E-state index in [-0.39, 0.29) is 30.0 Å². The van der Waals surface area contributed by atoms with Crippen LogP contribution in [0.3, 0.4) is 0 Å². The fourth-order valence-electron chi connectivity index (χ4n) is 2.18. The SMILES string of the molecule is CC(=O)C1=C(C)NC(SCC(=O)O)=NC1c1ccccc1.Cl. The van der Waals surface area contributed by atoms with E-state index >= 15 is 0 Å². The summed E-state index contributed by atoms with van der Waals surface area (Å²) in [5.74, 6) is -1.02. The van der Waals surface area contributed by atoms with Gasteiger partial charge in [0.2, 0.25) is 0 Å². The summed E-state index contributed by atoms with van der Waals surface area (Å²) in [5, 5.41) is 12.3. The number of nitrogens with one attached hydrogen (secondary N) is 1. The summed E-state index contributed by atoms with van der Waals surface area (Å²) in [7, 11) is 0. The first-order chi connectivity index (χ1) is 9.99. The zero-order valence-corrected chi connectivity index (χ0v) is 13.8. The smallest absolute Gasteiger partial charge is 0.313 e. The minimum Gasteiger partial charge on any atom is -0.481 e. The predicted octanol–water partition coefficient (Wildman–Crippen LogP) is 2.79. The molecule has 0 aromatic heterocycles. The average Bonchev–Trinajstić information content (AvgIpc) is 2.45. The Balaban J connectivity index is 0.00000242. The van der Waals surface area contributed by atoms with E-state index in [1.54, 1.807) is 0 Å². The molecule has 1 unspecified atom stereocenters. The van der Waals surface area contributed by atoms with E-state index in [0.717, 1.165) is 23.0 Å². The fraction of sp³-hybridized carbons (Fsp3) is 0.267. The number of aliphatic imine (C=N–C) groups is 1. The Labute approximate surface area is 139 Å². The minimum absolute atomic E-state index is 0. The molecule has 5 nitrogen and oxygen atoms in total. The zero-order chi connectivity index (χ0) is 15.4. The third kappa shape index (κ3) is 4.35. The standard InChI is InChI=1S/C15H16N2O3S.ClH/c1-9-13(10(2)18)14(11-6-4-3-5-7-11)17-15(16-9)21-8-12(19)20;/h3-7,14H,8H2,1-2H3,(H,16,17)(H,19,20);1H. The van der Waals surface area contributed by atoms with Gasteiger partial charge in [0, 0.05) is 11.3 Å². The molecule has 1 aromatic carbocycles. The minimum atomic E-state index is -0.903.